The number of phenolic OH excluding ortho intramolecular Hbond substituents is 1. The van der Waals surface area contributed by atoms with Gasteiger partial charge in [0.05, 0.1) is 18.2 Å². The van der Waals surface area contributed by atoms with E-state index in [0.717, 1.165) is 12.3 Å². The number of nitrogens with one attached hydrogen (secondary N) is 1. The van der Waals surface area contributed by atoms with E-state index in [2.05, 4.69) is 20.2 Å². The Morgan fingerprint density at radius 1 is 1.17 bits per heavy atom. The Balaban J connectivity index is 1.94. The summed E-state index contributed by atoms with van der Waals surface area (Å²) in [6, 6.07) is 6.65. The monoisotopic (exact) mass is 336 g/mol. The van der Waals surface area contributed by atoms with Crippen LogP contribution in [0, 0.1) is 0 Å². The second-order valence-corrected chi connectivity index (χ2v) is 4.82. The Morgan fingerprint density at radius 3 is 2.58 bits per heavy atom. The fourth-order valence-electron chi connectivity index (χ4n) is 2.02. The first-order chi connectivity index (χ1) is 11.4. The number of pyridine rings is 1. The number of aromatic nitrogens is 4. The van der Waals surface area contributed by atoms with Gasteiger partial charge >= 0.3 is 6.18 Å². The Bertz CT molecular complexity index is 860. The number of H-pyrrole nitrogens is 1. The van der Waals surface area contributed by atoms with Crippen molar-refractivity contribution >= 4 is 0 Å². The van der Waals surface area contributed by atoms with E-state index in [0.29, 0.717) is 11.3 Å². The fourth-order valence-corrected chi connectivity index (χ4v) is 2.02. The fraction of sp³-hybridized carbons (Fsp3) is 0.133. The minimum absolute atomic E-state index is 0.0540. The third-order valence-corrected chi connectivity index (χ3v) is 3.26. The van der Waals surface area contributed by atoms with Crippen molar-refractivity contribution in [2.75, 3.05) is 7.11 Å². The van der Waals surface area contributed by atoms with Crippen LogP contribution in [0.2, 0.25) is 0 Å². The van der Waals surface area contributed by atoms with Gasteiger partial charge in [-0.1, -0.05) is 0 Å². The molecule has 1 aromatic carbocycles. The molecule has 0 saturated heterocycles. The van der Waals surface area contributed by atoms with E-state index in [-0.39, 0.29) is 23.1 Å². The number of alkyl halides is 3. The minimum atomic E-state index is -4.45. The maximum atomic E-state index is 12.5. The number of hydrogen-bond donors (Lipinski definition) is 2. The molecule has 0 bridgehead atoms. The normalized spacial score (nSPS) is 11.5. The summed E-state index contributed by atoms with van der Waals surface area (Å²) < 4.78 is 42.7. The lowest BCUT2D eigenvalue weighted by molar-refractivity contribution is -0.137. The number of benzene rings is 1. The van der Waals surface area contributed by atoms with Crippen molar-refractivity contribution in [1.82, 2.24) is 20.2 Å². The number of ether oxygens (including phenoxy) is 1. The molecule has 3 rings (SSSR count). The van der Waals surface area contributed by atoms with Gasteiger partial charge in [-0.2, -0.15) is 18.3 Å². The highest BCUT2D eigenvalue weighted by Gasteiger charge is 2.30. The number of hydrogen-bond acceptors (Lipinski definition) is 5. The summed E-state index contributed by atoms with van der Waals surface area (Å²) in [5, 5.41) is 16.4. The van der Waals surface area contributed by atoms with Crippen LogP contribution in [0.5, 0.6) is 11.5 Å². The van der Waals surface area contributed by atoms with Crippen molar-refractivity contribution in [2.45, 2.75) is 6.18 Å². The van der Waals surface area contributed by atoms with Crippen LogP contribution in [-0.4, -0.2) is 32.4 Å². The van der Waals surface area contributed by atoms with E-state index in [1.54, 1.807) is 12.1 Å². The molecule has 0 atom stereocenters. The molecular weight excluding hydrogens is 325 g/mol. The predicted octanol–water partition coefficient (Wildman–Crippen LogP) is 3.27. The van der Waals surface area contributed by atoms with Crippen LogP contribution in [0.25, 0.3) is 22.9 Å². The van der Waals surface area contributed by atoms with E-state index in [4.69, 9.17) is 4.74 Å². The molecule has 2 aromatic heterocycles. The van der Waals surface area contributed by atoms with Gasteiger partial charge in [0.1, 0.15) is 17.2 Å². The second kappa shape index (κ2) is 5.84. The van der Waals surface area contributed by atoms with Crippen molar-refractivity contribution in [3.63, 3.8) is 0 Å². The lowest BCUT2D eigenvalue weighted by Crippen LogP contribution is -2.05. The number of methoxy groups -OCH3 is 1. The third kappa shape index (κ3) is 3.00. The lowest BCUT2D eigenvalue weighted by Gasteiger charge is -2.05. The maximum absolute atomic E-state index is 12.5. The van der Waals surface area contributed by atoms with Gasteiger partial charge in [0.15, 0.2) is 11.6 Å². The molecule has 0 fully saturated rings. The predicted molar refractivity (Wildman–Crippen MR) is 78.3 cm³/mol. The first-order valence-electron chi connectivity index (χ1n) is 6.72. The van der Waals surface area contributed by atoms with Crippen LogP contribution in [0.15, 0.2) is 36.5 Å². The third-order valence-electron chi connectivity index (χ3n) is 3.26. The van der Waals surface area contributed by atoms with Crippen LogP contribution >= 0.6 is 0 Å². The first kappa shape index (κ1) is 15.8. The van der Waals surface area contributed by atoms with Crippen molar-refractivity contribution in [3.05, 3.63) is 42.1 Å². The lowest BCUT2D eigenvalue weighted by atomic mass is 10.2. The molecule has 124 valence electrons. The van der Waals surface area contributed by atoms with Gasteiger partial charge < -0.3 is 9.84 Å². The second-order valence-electron chi connectivity index (χ2n) is 4.82. The zero-order valence-electron chi connectivity index (χ0n) is 12.3. The van der Waals surface area contributed by atoms with Crippen molar-refractivity contribution in [1.29, 1.82) is 0 Å². The van der Waals surface area contributed by atoms with E-state index in [1.807, 2.05) is 0 Å². The van der Waals surface area contributed by atoms with Crippen molar-refractivity contribution < 1.29 is 23.0 Å². The van der Waals surface area contributed by atoms with E-state index >= 15 is 0 Å². The van der Waals surface area contributed by atoms with Gasteiger partial charge in [0.2, 0.25) is 0 Å². The zero-order chi connectivity index (χ0) is 17.3. The molecule has 6 nitrogen and oxygen atoms in total. The number of nitrogens with zero attached hydrogens (tertiary/aromatic N) is 3. The smallest absolute Gasteiger partial charge is 0.417 e. The SMILES string of the molecule is COc1ccc(O)c(-c2n[nH]c(-c3ccc(C(F)(F)F)cn3)n2)c1. The molecule has 2 N–H and O–H groups in total. The van der Waals surface area contributed by atoms with Gasteiger partial charge in [0, 0.05) is 6.20 Å². The summed E-state index contributed by atoms with van der Waals surface area (Å²) >= 11 is 0. The van der Waals surface area contributed by atoms with Crippen LogP contribution < -0.4 is 4.74 Å². The Labute approximate surface area is 134 Å². The Morgan fingerprint density at radius 2 is 1.96 bits per heavy atom. The topological polar surface area (TPSA) is 83.9 Å². The highest BCUT2D eigenvalue weighted by Crippen LogP contribution is 2.32. The minimum Gasteiger partial charge on any atom is -0.507 e. The molecule has 2 heterocycles. The number of aromatic amines is 1. The molecule has 0 amide bonds. The van der Waals surface area contributed by atoms with Gasteiger partial charge in [-0.05, 0) is 30.3 Å². The number of rotatable bonds is 3. The summed E-state index contributed by atoms with van der Waals surface area (Å²) in [5.41, 5.74) is -0.329. The van der Waals surface area contributed by atoms with Crippen LogP contribution in [-0.2, 0) is 6.18 Å². The molecule has 0 spiro atoms. The maximum Gasteiger partial charge on any atom is 0.417 e. The van der Waals surface area contributed by atoms with Crippen molar-refractivity contribution in [2.24, 2.45) is 0 Å². The summed E-state index contributed by atoms with van der Waals surface area (Å²) in [4.78, 5) is 7.89. The average molecular weight is 336 g/mol. The highest BCUT2D eigenvalue weighted by atomic mass is 19.4. The molecule has 0 radical (unpaired) electrons. The van der Waals surface area contributed by atoms with Gasteiger partial charge in [0.25, 0.3) is 0 Å². The summed E-state index contributed by atoms with van der Waals surface area (Å²) in [5.74, 6) is 0.799. The van der Waals surface area contributed by atoms with E-state index in [9.17, 15) is 18.3 Å². The molecule has 0 unspecified atom stereocenters. The number of phenols is 1. The first-order valence-corrected chi connectivity index (χ1v) is 6.72. The largest absolute Gasteiger partial charge is 0.507 e. The Kier molecular flexibility index (Phi) is 3.84. The molecule has 0 aliphatic carbocycles. The van der Waals surface area contributed by atoms with E-state index in [1.165, 1.54) is 19.2 Å². The summed E-state index contributed by atoms with van der Waals surface area (Å²) in [6.07, 6.45) is -3.73. The van der Waals surface area contributed by atoms with Crippen LogP contribution in [0.3, 0.4) is 0 Å². The zero-order valence-corrected chi connectivity index (χ0v) is 12.3. The Hall–Kier alpha value is -3.10. The number of halogens is 3. The molecular formula is C15H11F3N4O2. The highest BCUT2D eigenvalue weighted by molar-refractivity contribution is 5.67. The number of aromatic hydroxyl groups is 1. The molecule has 24 heavy (non-hydrogen) atoms. The van der Waals surface area contributed by atoms with Crippen molar-refractivity contribution in [3.8, 4) is 34.4 Å². The van der Waals surface area contributed by atoms with Gasteiger partial charge in [-0.15, -0.1) is 0 Å². The van der Waals surface area contributed by atoms with E-state index < -0.39 is 11.7 Å². The van der Waals surface area contributed by atoms with Gasteiger partial charge in [-0.25, -0.2) is 4.98 Å². The standard InChI is InChI=1S/C15H11F3N4O2/c1-24-9-3-5-12(23)10(6-9)13-20-14(22-21-13)11-4-2-8(7-19-11)15(16,17)18/h2-7,23H,1H3,(H,20,21,22). The van der Waals surface area contributed by atoms with Crippen LogP contribution in [0.1, 0.15) is 5.56 Å². The molecule has 0 aliphatic rings. The van der Waals surface area contributed by atoms with Crippen LogP contribution in [0.4, 0.5) is 13.2 Å². The average Bonchev–Trinajstić information content (AvgIpc) is 3.04. The molecule has 0 aliphatic heterocycles. The molecule has 3 aromatic rings. The summed E-state index contributed by atoms with van der Waals surface area (Å²) in [7, 11) is 1.48. The quantitative estimate of drug-likeness (QED) is 0.767. The summed E-state index contributed by atoms with van der Waals surface area (Å²) in [6.45, 7) is 0. The molecule has 9 heteroatoms. The van der Waals surface area contributed by atoms with Gasteiger partial charge in [-0.3, -0.25) is 10.1 Å². The molecule has 0 saturated carbocycles.